The molecule has 0 radical (unpaired) electrons. The monoisotopic (exact) mass is 457 g/mol. The van der Waals surface area contributed by atoms with Crippen molar-refractivity contribution in [1.29, 1.82) is 0 Å². The third kappa shape index (κ3) is 3.87. The Morgan fingerprint density at radius 3 is 2.50 bits per heavy atom. The lowest BCUT2D eigenvalue weighted by molar-refractivity contribution is 0.00694. The van der Waals surface area contributed by atoms with Crippen molar-refractivity contribution in [1.82, 2.24) is 14.4 Å². The van der Waals surface area contributed by atoms with Crippen LogP contribution in [0.25, 0.3) is 10.9 Å². The van der Waals surface area contributed by atoms with Gasteiger partial charge in [-0.05, 0) is 56.5 Å². The molecular weight excluding hydrogens is 426 g/mol. The number of hydrogen-bond donors (Lipinski definition) is 0. The molecule has 0 spiro atoms. The molecule has 6 nitrogen and oxygen atoms in total. The maximum absolute atomic E-state index is 13.0. The van der Waals surface area contributed by atoms with Crippen LogP contribution in [0.2, 0.25) is 0 Å². The Hall–Kier alpha value is -3.54. The van der Waals surface area contributed by atoms with Gasteiger partial charge in [-0.2, -0.15) is 0 Å². The number of aromatic nitrogens is 1. The van der Waals surface area contributed by atoms with E-state index in [4.69, 9.17) is 4.74 Å². The molecule has 1 saturated heterocycles. The number of amides is 2. The number of nitrogens with zero attached hydrogens (tertiary/aromatic N) is 3. The molecule has 2 aromatic carbocycles. The van der Waals surface area contributed by atoms with Crippen LogP contribution < -0.4 is 0 Å². The van der Waals surface area contributed by atoms with E-state index in [0.717, 1.165) is 24.1 Å². The van der Waals surface area contributed by atoms with Gasteiger partial charge in [0.15, 0.2) is 0 Å². The van der Waals surface area contributed by atoms with Crippen LogP contribution in [0.3, 0.4) is 0 Å². The Kier molecular flexibility index (Phi) is 5.27. The lowest BCUT2D eigenvalue weighted by Gasteiger charge is -2.44. The average molecular weight is 458 g/mol. The number of carbonyl (C=O) groups is 2. The van der Waals surface area contributed by atoms with Gasteiger partial charge >= 0.3 is 12.0 Å². The number of hydrogen-bond acceptors (Lipinski definition) is 3. The van der Waals surface area contributed by atoms with E-state index >= 15 is 0 Å². The summed E-state index contributed by atoms with van der Waals surface area (Å²) in [6.45, 7) is 10.9. The highest BCUT2D eigenvalue weighted by Crippen LogP contribution is 2.37. The van der Waals surface area contributed by atoms with Crippen LogP contribution in [0.4, 0.5) is 4.79 Å². The Balaban J connectivity index is 1.48. The number of carbonyl (C=O) groups excluding carboxylic acids is 2. The van der Waals surface area contributed by atoms with E-state index in [9.17, 15) is 9.59 Å². The second-order valence-electron chi connectivity index (χ2n) is 10.3. The summed E-state index contributed by atoms with van der Waals surface area (Å²) in [4.78, 5) is 29.1. The average Bonchev–Trinajstić information content (AvgIpc) is 3.09. The molecule has 5 rings (SSSR count). The smallest absolute Gasteiger partial charge is 0.338 e. The molecule has 0 aliphatic carbocycles. The normalized spacial score (nSPS) is 18.2. The quantitative estimate of drug-likeness (QED) is 0.499. The van der Waals surface area contributed by atoms with Gasteiger partial charge in [0, 0.05) is 48.3 Å². The topological polar surface area (TPSA) is 54.8 Å². The molecule has 2 amide bonds. The number of esters is 1. The standard InChI is InChI=1S/C28H31N3O3/c1-18-14-21-15-23-22-8-6-7-9-24(22)31(25(23)17-30(21)27(33)29(18)5)16-19-10-12-20(13-11-19)26(32)34-28(2,3)4/h6-13,21H,1,14-17H2,2-5H3. The first kappa shape index (κ1) is 22.3. The summed E-state index contributed by atoms with van der Waals surface area (Å²) < 4.78 is 7.81. The van der Waals surface area contributed by atoms with Crippen LogP contribution in [-0.2, 0) is 24.2 Å². The minimum atomic E-state index is -0.525. The summed E-state index contributed by atoms with van der Waals surface area (Å²) in [5.74, 6) is -0.316. The van der Waals surface area contributed by atoms with Gasteiger partial charge in [0.1, 0.15) is 5.60 Å². The van der Waals surface area contributed by atoms with Crippen LogP contribution >= 0.6 is 0 Å². The third-order valence-electron chi connectivity index (χ3n) is 6.80. The molecule has 0 bridgehead atoms. The number of rotatable bonds is 3. The van der Waals surface area contributed by atoms with Gasteiger partial charge in [-0.1, -0.05) is 36.9 Å². The Morgan fingerprint density at radius 1 is 1.09 bits per heavy atom. The fraction of sp³-hybridized carbons (Fsp3) is 0.357. The number of para-hydroxylation sites is 1. The minimum absolute atomic E-state index is 0.0189. The summed E-state index contributed by atoms with van der Waals surface area (Å²) in [7, 11) is 1.80. The van der Waals surface area contributed by atoms with Crippen molar-refractivity contribution in [3.05, 3.63) is 83.2 Å². The molecule has 1 atom stereocenters. The van der Waals surface area contributed by atoms with Gasteiger partial charge in [0.25, 0.3) is 0 Å². The molecule has 6 heteroatoms. The number of urea groups is 1. The van der Waals surface area contributed by atoms with Gasteiger partial charge in [0.2, 0.25) is 0 Å². The maximum atomic E-state index is 13.0. The van der Waals surface area contributed by atoms with Crippen LogP contribution in [0.1, 0.15) is 54.4 Å². The lowest BCUT2D eigenvalue weighted by Crippen LogP contribution is -2.54. The van der Waals surface area contributed by atoms with E-state index in [0.29, 0.717) is 18.7 Å². The third-order valence-corrected chi connectivity index (χ3v) is 6.80. The van der Waals surface area contributed by atoms with Crippen LogP contribution in [0.5, 0.6) is 0 Å². The predicted octanol–water partition coefficient (Wildman–Crippen LogP) is 5.34. The summed E-state index contributed by atoms with van der Waals surface area (Å²) in [5.41, 5.74) is 5.67. The van der Waals surface area contributed by atoms with E-state index in [2.05, 4.69) is 35.4 Å². The van der Waals surface area contributed by atoms with Crippen LogP contribution in [0, 0.1) is 0 Å². The highest BCUT2D eigenvalue weighted by Gasteiger charge is 2.39. The molecule has 2 aliphatic heterocycles. The van der Waals surface area contributed by atoms with Crippen molar-refractivity contribution in [2.24, 2.45) is 0 Å². The van der Waals surface area contributed by atoms with Gasteiger partial charge in [-0.25, -0.2) is 9.59 Å². The molecule has 3 heterocycles. The first-order chi connectivity index (χ1) is 16.1. The van der Waals surface area contributed by atoms with Crippen molar-refractivity contribution in [3.8, 4) is 0 Å². The van der Waals surface area contributed by atoms with E-state index in [-0.39, 0.29) is 18.0 Å². The zero-order valence-corrected chi connectivity index (χ0v) is 20.3. The number of benzene rings is 2. The molecule has 2 aliphatic rings. The van der Waals surface area contributed by atoms with Crippen molar-refractivity contribution >= 4 is 22.9 Å². The Bertz CT molecular complexity index is 1300. The molecule has 3 aromatic rings. The van der Waals surface area contributed by atoms with Crippen LogP contribution in [0.15, 0.2) is 60.8 Å². The van der Waals surface area contributed by atoms with E-state index in [1.165, 1.54) is 22.2 Å². The minimum Gasteiger partial charge on any atom is -0.456 e. The van der Waals surface area contributed by atoms with Crippen molar-refractivity contribution in [2.75, 3.05) is 7.05 Å². The van der Waals surface area contributed by atoms with E-state index in [1.54, 1.807) is 11.9 Å². The fourth-order valence-electron chi connectivity index (χ4n) is 5.06. The summed E-state index contributed by atoms with van der Waals surface area (Å²) >= 11 is 0. The lowest BCUT2D eigenvalue weighted by atomic mass is 9.92. The molecule has 0 saturated carbocycles. The van der Waals surface area contributed by atoms with Gasteiger partial charge < -0.3 is 19.1 Å². The highest BCUT2D eigenvalue weighted by molar-refractivity contribution is 5.90. The fourth-order valence-corrected chi connectivity index (χ4v) is 5.06. The largest absolute Gasteiger partial charge is 0.456 e. The zero-order valence-electron chi connectivity index (χ0n) is 20.3. The molecule has 34 heavy (non-hydrogen) atoms. The molecular formula is C28H31N3O3. The first-order valence-electron chi connectivity index (χ1n) is 11.8. The molecule has 0 N–H and O–H groups in total. The second-order valence-corrected chi connectivity index (χ2v) is 10.3. The molecule has 1 fully saturated rings. The Labute approximate surface area is 200 Å². The summed E-state index contributed by atoms with van der Waals surface area (Å²) in [5, 5.41) is 1.25. The molecule has 1 aromatic heterocycles. The first-order valence-corrected chi connectivity index (χ1v) is 11.8. The maximum Gasteiger partial charge on any atom is 0.338 e. The predicted molar refractivity (Wildman–Crippen MR) is 133 cm³/mol. The molecule has 176 valence electrons. The van der Waals surface area contributed by atoms with Gasteiger partial charge in [-0.15, -0.1) is 0 Å². The van der Waals surface area contributed by atoms with Crippen molar-refractivity contribution < 1.29 is 14.3 Å². The highest BCUT2D eigenvalue weighted by atomic mass is 16.6. The van der Waals surface area contributed by atoms with Gasteiger partial charge in [-0.3, -0.25) is 0 Å². The molecule has 1 unspecified atom stereocenters. The zero-order chi connectivity index (χ0) is 24.2. The van der Waals surface area contributed by atoms with Crippen molar-refractivity contribution in [2.45, 2.75) is 58.3 Å². The second kappa shape index (κ2) is 8.05. The summed E-state index contributed by atoms with van der Waals surface area (Å²) in [6.07, 6.45) is 1.63. The van der Waals surface area contributed by atoms with Gasteiger partial charge in [0.05, 0.1) is 12.1 Å². The Morgan fingerprint density at radius 2 is 1.79 bits per heavy atom. The SMILES string of the molecule is C=C1CC2Cc3c(n(Cc4ccc(C(=O)OC(C)(C)C)cc4)c4ccccc34)CN2C(=O)N1C. The summed E-state index contributed by atoms with van der Waals surface area (Å²) in [6, 6.07) is 16.2. The van der Waals surface area contributed by atoms with E-state index in [1.807, 2.05) is 49.9 Å². The number of ether oxygens (including phenoxy) is 1. The van der Waals surface area contributed by atoms with Crippen molar-refractivity contribution in [3.63, 3.8) is 0 Å². The van der Waals surface area contributed by atoms with E-state index < -0.39 is 5.60 Å². The van der Waals surface area contributed by atoms with Crippen LogP contribution in [-0.4, -0.2) is 45.1 Å². The number of fused-ring (bicyclic) bond motifs is 4.